The van der Waals surface area contributed by atoms with Gasteiger partial charge < -0.3 is 14.5 Å². The third kappa shape index (κ3) is 6.13. The number of carbonyl (C=O) groups excluding carboxylic acids is 4. The van der Waals surface area contributed by atoms with Crippen molar-refractivity contribution in [3.05, 3.63) is 52.3 Å². The summed E-state index contributed by atoms with van der Waals surface area (Å²) in [7, 11) is 0. The van der Waals surface area contributed by atoms with Crippen molar-refractivity contribution in [2.45, 2.75) is 60.0 Å². The van der Waals surface area contributed by atoms with E-state index in [-0.39, 0.29) is 30.1 Å². The number of hydrogen-bond acceptors (Lipinski definition) is 6. The minimum atomic E-state index is -1.03. The second kappa shape index (κ2) is 10.7. The van der Waals surface area contributed by atoms with Gasteiger partial charge in [-0.25, -0.2) is 0 Å². The van der Waals surface area contributed by atoms with E-state index in [4.69, 9.17) is 9.47 Å². The van der Waals surface area contributed by atoms with Crippen LogP contribution in [0.1, 0.15) is 82.5 Å². The smallest absolute Gasteiger partial charge is 0.306 e. The quantitative estimate of drug-likeness (QED) is 0.421. The van der Waals surface area contributed by atoms with Crippen LogP contribution in [0, 0.1) is 13.8 Å². The third-order valence-electron chi connectivity index (χ3n) is 4.92. The number of benzene rings is 1. The highest BCUT2D eigenvalue weighted by molar-refractivity contribution is 6.05. The number of carbonyl (C=O) groups is 4. The van der Waals surface area contributed by atoms with Crippen molar-refractivity contribution in [1.82, 2.24) is 4.98 Å². The Morgan fingerprint density at radius 3 is 2.23 bits per heavy atom. The molecule has 0 aliphatic rings. The van der Waals surface area contributed by atoms with Gasteiger partial charge in [-0.15, -0.1) is 0 Å². The number of aromatic amines is 1. The zero-order valence-electron chi connectivity index (χ0n) is 18.7. The second-order valence-electron chi connectivity index (χ2n) is 7.47. The first-order valence-corrected chi connectivity index (χ1v) is 10.4. The van der Waals surface area contributed by atoms with Crippen molar-refractivity contribution in [2.75, 3.05) is 6.61 Å². The highest BCUT2D eigenvalue weighted by atomic mass is 16.5. The molecule has 1 N–H and O–H groups in total. The molecule has 7 heteroatoms. The van der Waals surface area contributed by atoms with Crippen LogP contribution in [0.25, 0.3) is 0 Å². The number of esters is 1. The maximum absolute atomic E-state index is 12.7. The van der Waals surface area contributed by atoms with E-state index in [0.29, 0.717) is 34.7 Å². The molecule has 0 amide bonds. The standard InChI is InChI=1S/C24H29NO6/c1-6-13-30-19-9-7-18(8-10-19)20(27)11-12-21(28)31-17(5)24(29)23-14(2)22(16(4)26)15(3)25-23/h7-10,17,25H,6,11-13H2,1-5H3. The SMILES string of the molecule is CCCOc1ccc(C(=O)CCC(=O)OC(C)C(=O)c2[nH]c(C)c(C(C)=O)c2C)cc1. The largest absolute Gasteiger partial charge is 0.494 e. The van der Waals surface area contributed by atoms with E-state index >= 15 is 0 Å². The number of hydrogen-bond donors (Lipinski definition) is 1. The van der Waals surface area contributed by atoms with Gasteiger partial charge in [0.05, 0.1) is 18.7 Å². The molecule has 1 atom stereocenters. The van der Waals surface area contributed by atoms with Crippen molar-refractivity contribution >= 4 is 23.3 Å². The predicted octanol–water partition coefficient (Wildman–Crippen LogP) is 4.40. The fraction of sp³-hybridized carbons (Fsp3) is 0.417. The first-order chi connectivity index (χ1) is 14.6. The lowest BCUT2D eigenvalue weighted by Crippen LogP contribution is -2.25. The number of ether oxygens (including phenoxy) is 2. The highest BCUT2D eigenvalue weighted by Gasteiger charge is 2.26. The first-order valence-electron chi connectivity index (χ1n) is 10.4. The topological polar surface area (TPSA) is 103 Å². The summed E-state index contributed by atoms with van der Waals surface area (Å²) < 4.78 is 10.7. The lowest BCUT2D eigenvalue weighted by molar-refractivity contribution is -0.146. The molecule has 2 aromatic rings. The summed E-state index contributed by atoms with van der Waals surface area (Å²) in [6.07, 6.45) is -0.296. The molecular formula is C24H29NO6. The summed E-state index contributed by atoms with van der Waals surface area (Å²) in [4.78, 5) is 51.8. The lowest BCUT2D eigenvalue weighted by Gasteiger charge is -2.12. The van der Waals surface area contributed by atoms with Gasteiger partial charge in [0, 0.05) is 23.2 Å². The van der Waals surface area contributed by atoms with Gasteiger partial charge in [-0.3, -0.25) is 19.2 Å². The molecule has 0 radical (unpaired) electrons. The summed E-state index contributed by atoms with van der Waals surface area (Å²) >= 11 is 0. The Labute approximate surface area is 182 Å². The van der Waals surface area contributed by atoms with Gasteiger partial charge in [0.1, 0.15) is 5.75 Å². The third-order valence-corrected chi connectivity index (χ3v) is 4.92. The summed E-state index contributed by atoms with van der Waals surface area (Å²) in [6, 6.07) is 6.76. The van der Waals surface area contributed by atoms with Crippen LogP contribution in [0.15, 0.2) is 24.3 Å². The zero-order valence-corrected chi connectivity index (χ0v) is 18.7. The van der Waals surface area contributed by atoms with E-state index < -0.39 is 17.9 Å². The lowest BCUT2D eigenvalue weighted by atomic mass is 10.0. The summed E-state index contributed by atoms with van der Waals surface area (Å²) in [5.74, 6) is -0.702. The number of aromatic nitrogens is 1. The van der Waals surface area contributed by atoms with Gasteiger partial charge in [-0.1, -0.05) is 6.92 Å². The van der Waals surface area contributed by atoms with Gasteiger partial charge in [0.25, 0.3) is 0 Å². The van der Waals surface area contributed by atoms with Crippen LogP contribution in [-0.4, -0.2) is 41.0 Å². The molecule has 0 bridgehead atoms. The molecule has 0 spiro atoms. The molecule has 166 valence electrons. The molecular weight excluding hydrogens is 398 g/mol. The summed E-state index contributed by atoms with van der Waals surface area (Å²) in [5, 5.41) is 0. The number of ketones is 3. The van der Waals surface area contributed by atoms with Gasteiger partial charge in [0.2, 0.25) is 5.78 Å². The fourth-order valence-electron chi connectivity index (χ4n) is 3.35. The molecule has 1 aromatic carbocycles. The minimum Gasteiger partial charge on any atom is -0.494 e. The summed E-state index contributed by atoms with van der Waals surface area (Å²) in [5.41, 5.74) is 2.35. The van der Waals surface area contributed by atoms with Gasteiger partial charge >= 0.3 is 5.97 Å². The average molecular weight is 427 g/mol. The molecule has 2 rings (SSSR count). The Morgan fingerprint density at radius 2 is 1.68 bits per heavy atom. The average Bonchev–Trinajstić information content (AvgIpc) is 3.04. The summed E-state index contributed by atoms with van der Waals surface area (Å²) in [6.45, 7) is 8.91. The molecule has 7 nitrogen and oxygen atoms in total. The zero-order chi connectivity index (χ0) is 23.1. The van der Waals surface area contributed by atoms with Gasteiger partial charge in [-0.2, -0.15) is 0 Å². The van der Waals surface area contributed by atoms with E-state index in [0.717, 1.165) is 6.42 Å². The normalized spacial score (nSPS) is 11.6. The number of Topliss-reactive ketones (excluding diaryl/α,β-unsaturated/α-hetero) is 3. The molecule has 31 heavy (non-hydrogen) atoms. The van der Waals surface area contributed by atoms with Crippen molar-refractivity contribution in [3.63, 3.8) is 0 Å². The number of H-pyrrole nitrogens is 1. The van der Waals surface area contributed by atoms with Crippen molar-refractivity contribution < 1.29 is 28.7 Å². The fourth-order valence-corrected chi connectivity index (χ4v) is 3.35. The molecule has 1 unspecified atom stereocenters. The van der Waals surface area contributed by atoms with Crippen molar-refractivity contribution in [2.24, 2.45) is 0 Å². The Hall–Kier alpha value is -3.22. The van der Waals surface area contributed by atoms with Crippen LogP contribution in [0.2, 0.25) is 0 Å². The van der Waals surface area contributed by atoms with Gasteiger partial charge in [0.15, 0.2) is 17.7 Å². The molecule has 0 saturated heterocycles. The van der Waals surface area contributed by atoms with Crippen LogP contribution < -0.4 is 4.74 Å². The van der Waals surface area contributed by atoms with E-state index in [1.54, 1.807) is 38.1 Å². The van der Waals surface area contributed by atoms with Gasteiger partial charge in [-0.05, 0) is 63.9 Å². The van der Waals surface area contributed by atoms with E-state index in [1.165, 1.54) is 13.8 Å². The van der Waals surface area contributed by atoms with Crippen LogP contribution >= 0.6 is 0 Å². The van der Waals surface area contributed by atoms with Crippen molar-refractivity contribution in [3.8, 4) is 5.75 Å². The first kappa shape index (κ1) is 24.1. The monoisotopic (exact) mass is 427 g/mol. The number of nitrogens with one attached hydrogen (secondary N) is 1. The molecule has 0 fully saturated rings. The van der Waals surface area contributed by atoms with E-state index in [2.05, 4.69) is 4.98 Å². The van der Waals surface area contributed by atoms with Crippen LogP contribution in [0.4, 0.5) is 0 Å². The molecule has 1 aromatic heterocycles. The maximum atomic E-state index is 12.7. The number of aryl methyl sites for hydroxylation is 1. The maximum Gasteiger partial charge on any atom is 0.306 e. The molecule has 0 aliphatic carbocycles. The van der Waals surface area contributed by atoms with Crippen LogP contribution in [0.3, 0.4) is 0 Å². The molecule has 0 aliphatic heterocycles. The Bertz CT molecular complexity index is 971. The Balaban J connectivity index is 1.90. The number of rotatable bonds is 11. The van der Waals surface area contributed by atoms with Crippen LogP contribution in [0.5, 0.6) is 5.75 Å². The highest BCUT2D eigenvalue weighted by Crippen LogP contribution is 2.21. The van der Waals surface area contributed by atoms with Crippen LogP contribution in [-0.2, 0) is 9.53 Å². The molecule has 0 saturated carbocycles. The van der Waals surface area contributed by atoms with E-state index in [9.17, 15) is 19.2 Å². The Morgan fingerprint density at radius 1 is 1.03 bits per heavy atom. The minimum absolute atomic E-state index is 0.0238. The van der Waals surface area contributed by atoms with Crippen molar-refractivity contribution in [1.29, 1.82) is 0 Å². The Kier molecular flexibility index (Phi) is 8.30. The molecule has 1 heterocycles. The van der Waals surface area contributed by atoms with E-state index in [1.807, 2.05) is 6.92 Å². The second-order valence-corrected chi connectivity index (χ2v) is 7.47. The predicted molar refractivity (Wildman–Crippen MR) is 116 cm³/mol.